The maximum atomic E-state index is 12.0. The SMILES string of the molecule is C/C=C/COc1ccc(/C=C/C(=O)Nc2ccc(C)cc2)cc1OC. The van der Waals surface area contributed by atoms with Gasteiger partial charge in [-0.05, 0) is 49.8 Å². The van der Waals surface area contributed by atoms with Crippen LogP contribution in [0.3, 0.4) is 0 Å². The Bertz CT molecular complexity index is 761. The van der Waals surface area contributed by atoms with E-state index in [1.54, 1.807) is 13.2 Å². The van der Waals surface area contributed by atoms with E-state index >= 15 is 0 Å². The van der Waals surface area contributed by atoms with E-state index in [4.69, 9.17) is 9.47 Å². The van der Waals surface area contributed by atoms with Gasteiger partial charge < -0.3 is 14.8 Å². The van der Waals surface area contributed by atoms with Gasteiger partial charge in [0, 0.05) is 11.8 Å². The second-order valence-electron chi connectivity index (χ2n) is 5.48. The van der Waals surface area contributed by atoms with E-state index in [1.807, 2.05) is 68.5 Å². The zero-order chi connectivity index (χ0) is 18.1. The van der Waals surface area contributed by atoms with Gasteiger partial charge in [0.15, 0.2) is 11.5 Å². The van der Waals surface area contributed by atoms with Crippen LogP contribution >= 0.6 is 0 Å². The highest BCUT2D eigenvalue weighted by molar-refractivity contribution is 6.01. The first-order valence-corrected chi connectivity index (χ1v) is 8.10. The van der Waals surface area contributed by atoms with Gasteiger partial charge in [-0.3, -0.25) is 4.79 Å². The van der Waals surface area contributed by atoms with Crippen molar-refractivity contribution < 1.29 is 14.3 Å². The number of amides is 1. The number of carbonyl (C=O) groups is 1. The minimum absolute atomic E-state index is 0.184. The predicted octanol–water partition coefficient (Wildman–Crippen LogP) is 4.61. The van der Waals surface area contributed by atoms with E-state index in [0.29, 0.717) is 18.1 Å². The van der Waals surface area contributed by atoms with Crippen molar-refractivity contribution in [2.75, 3.05) is 19.0 Å². The quantitative estimate of drug-likeness (QED) is 0.593. The molecule has 0 saturated carbocycles. The van der Waals surface area contributed by atoms with Gasteiger partial charge in [-0.25, -0.2) is 0 Å². The van der Waals surface area contributed by atoms with Crippen molar-refractivity contribution in [3.05, 3.63) is 71.8 Å². The van der Waals surface area contributed by atoms with Crippen LogP contribution in [-0.2, 0) is 4.79 Å². The number of ether oxygens (including phenoxy) is 2. The Balaban J connectivity index is 2.01. The molecule has 0 aliphatic carbocycles. The first-order valence-electron chi connectivity index (χ1n) is 8.10. The average molecular weight is 337 g/mol. The number of rotatable bonds is 7. The molecule has 0 radical (unpaired) electrons. The number of allylic oxidation sites excluding steroid dienone is 1. The molecule has 2 rings (SSSR count). The highest BCUT2D eigenvalue weighted by atomic mass is 16.5. The third-order valence-corrected chi connectivity index (χ3v) is 3.50. The van der Waals surface area contributed by atoms with Crippen molar-refractivity contribution in [2.24, 2.45) is 0 Å². The van der Waals surface area contributed by atoms with E-state index in [-0.39, 0.29) is 5.91 Å². The van der Waals surface area contributed by atoms with Crippen molar-refractivity contribution in [2.45, 2.75) is 13.8 Å². The fraction of sp³-hybridized carbons (Fsp3) is 0.190. The largest absolute Gasteiger partial charge is 0.493 e. The van der Waals surface area contributed by atoms with Gasteiger partial charge in [-0.1, -0.05) is 35.9 Å². The second-order valence-corrected chi connectivity index (χ2v) is 5.48. The highest BCUT2D eigenvalue weighted by Gasteiger charge is 2.04. The maximum Gasteiger partial charge on any atom is 0.248 e. The van der Waals surface area contributed by atoms with Crippen molar-refractivity contribution >= 4 is 17.7 Å². The lowest BCUT2D eigenvalue weighted by Crippen LogP contribution is -2.07. The van der Waals surface area contributed by atoms with Crippen LogP contribution in [0, 0.1) is 6.92 Å². The van der Waals surface area contributed by atoms with Crippen molar-refractivity contribution in [3.63, 3.8) is 0 Å². The van der Waals surface area contributed by atoms with Crippen LogP contribution in [-0.4, -0.2) is 19.6 Å². The summed E-state index contributed by atoms with van der Waals surface area (Å²) < 4.78 is 11.0. The molecule has 1 amide bonds. The van der Waals surface area contributed by atoms with Gasteiger partial charge in [0.05, 0.1) is 7.11 Å². The Kier molecular flexibility index (Phi) is 6.84. The summed E-state index contributed by atoms with van der Waals surface area (Å²) in [6, 6.07) is 13.2. The molecule has 25 heavy (non-hydrogen) atoms. The molecule has 2 aromatic carbocycles. The fourth-order valence-electron chi connectivity index (χ4n) is 2.13. The van der Waals surface area contributed by atoms with E-state index in [2.05, 4.69) is 5.32 Å². The molecule has 0 spiro atoms. The van der Waals surface area contributed by atoms with Gasteiger partial charge in [-0.2, -0.15) is 0 Å². The van der Waals surface area contributed by atoms with Gasteiger partial charge in [0.25, 0.3) is 0 Å². The summed E-state index contributed by atoms with van der Waals surface area (Å²) in [5.74, 6) is 1.11. The van der Waals surface area contributed by atoms with Crippen molar-refractivity contribution in [3.8, 4) is 11.5 Å². The molecule has 0 aliphatic rings. The van der Waals surface area contributed by atoms with Gasteiger partial charge in [0.1, 0.15) is 6.61 Å². The summed E-state index contributed by atoms with van der Waals surface area (Å²) in [4.78, 5) is 12.0. The van der Waals surface area contributed by atoms with Gasteiger partial charge in [0.2, 0.25) is 5.91 Å². The molecular formula is C21H23NO3. The number of hydrogen-bond donors (Lipinski definition) is 1. The van der Waals surface area contributed by atoms with E-state index in [9.17, 15) is 4.79 Å². The zero-order valence-electron chi connectivity index (χ0n) is 14.8. The molecule has 0 atom stereocenters. The lowest BCUT2D eigenvalue weighted by molar-refractivity contribution is -0.111. The van der Waals surface area contributed by atoms with Crippen LogP contribution in [0.2, 0.25) is 0 Å². The standard InChI is InChI=1S/C21H23NO3/c1-4-5-14-25-19-12-8-17(15-20(19)24-3)9-13-21(23)22-18-10-6-16(2)7-11-18/h4-13,15H,14H2,1-3H3,(H,22,23)/b5-4+,13-9+. The number of benzene rings is 2. The first-order chi connectivity index (χ1) is 12.1. The predicted molar refractivity (Wildman–Crippen MR) is 102 cm³/mol. The Morgan fingerprint density at radius 3 is 2.56 bits per heavy atom. The summed E-state index contributed by atoms with van der Waals surface area (Å²) in [6.07, 6.45) is 7.08. The zero-order valence-corrected chi connectivity index (χ0v) is 14.8. The normalized spacial score (nSPS) is 11.0. The number of nitrogens with one attached hydrogen (secondary N) is 1. The molecule has 4 nitrogen and oxygen atoms in total. The number of anilines is 1. The molecule has 0 bridgehead atoms. The summed E-state index contributed by atoms with van der Waals surface area (Å²) in [7, 11) is 1.59. The summed E-state index contributed by atoms with van der Waals surface area (Å²) >= 11 is 0. The van der Waals surface area contributed by atoms with Crippen LogP contribution < -0.4 is 14.8 Å². The molecule has 0 aliphatic heterocycles. The summed E-state index contributed by atoms with van der Waals surface area (Å²) in [5.41, 5.74) is 2.78. The lowest BCUT2D eigenvalue weighted by Gasteiger charge is -2.09. The van der Waals surface area contributed by atoms with Crippen molar-refractivity contribution in [1.29, 1.82) is 0 Å². The minimum Gasteiger partial charge on any atom is -0.493 e. The van der Waals surface area contributed by atoms with Crippen LogP contribution in [0.4, 0.5) is 5.69 Å². The first kappa shape index (κ1) is 18.3. The Hall–Kier alpha value is -3.01. The molecule has 0 fully saturated rings. The van der Waals surface area contributed by atoms with E-state index in [1.165, 1.54) is 6.08 Å². The molecular weight excluding hydrogens is 314 g/mol. The number of carbonyl (C=O) groups excluding carboxylic acids is 1. The average Bonchev–Trinajstić information content (AvgIpc) is 2.62. The molecule has 0 aromatic heterocycles. The van der Waals surface area contributed by atoms with E-state index < -0.39 is 0 Å². The lowest BCUT2D eigenvalue weighted by atomic mass is 10.2. The molecule has 2 aromatic rings. The van der Waals surface area contributed by atoms with Crippen LogP contribution in [0.1, 0.15) is 18.1 Å². The van der Waals surface area contributed by atoms with Crippen LogP contribution in [0.25, 0.3) is 6.08 Å². The molecule has 0 saturated heterocycles. The third kappa shape index (κ3) is 5.84. The number of methoxy groups -OCH3 is 1. The van der Waals surface area contributed by atoms with E-state index in [0.717, 1.165) is 16.8 Å². The Morgan fingerprint density at radius 2 is 1.88 bits per heavy atom. The maximum absolute atomic E-state index is 12.0. The number of aryl methyl sites for hydroxylation is 1. The summed E-state index contributed by atoms with van der Waals surface area (Å²) in [6.45, 7) is 4.43. The second kappa shape index (κ2) is 9.33. The third-order valence-electron chi connectivity index (χ3n) is 3.50. The highest BCUT2D eigenvalue weighted by Crippen LogP contribution is 2.28. The molecule has 130 valence electrons. The molecule has 0 unspecified atom stereocenters. The Labute approximate surface area is 148 Å². The molecule has 0 heterocycles. The Morgan fingerprint density at radius 1 is 1.12 bits per heavy atom. The topological polar surface area (TPSA) is 47.6 Å². The minimum atomic E-state index is -0.184. The van der Waals surface area contributed by atoms with Crippen LogP contribution in [0.15, 0.2) is 60.7 Å². The smallest absolute Gasteiger partial charge is 0.248 e. The number of hydrogen-bond acceptors (Lipinski definition) is 3. The van der Waals surface area contributed by atoms with Crippen LogP contribution in [0.5, 0.6) is 11.5 Å². The van der Waals surface area contributed by atoms with Gasteiger partial charge >= 0.3 is 0 Å². The van der Waals surface area contributed by atoms with Gasteiger partial charge in [-0.15, -0.1) is 0 Å². The fourth-order valence-corrected chi connectivity index (χ4v) is 2.13. The monoisotopic (exact) mass is 337 g/mol. The molecule has 1 N–H and O–H groups in total. The molecule has 4 heteroatoms. The summed E-state index contributed by atoms with van der Waals surface area (Å²) in [5, 5.41) is 2.82. The van der Waals surface area contributed by atoms with Crippen molar-refractivity contribution in [1.82, 2.24) is 0 Å².